The summed E-state index contributed by atoms with van der Waals surface area (Å²) in [5.41, 5.74) is 3.52. The second kappa shape index (κ2) is 18.4. The first-order valence-electron chi connectivity index (χ1n) is 22.6. The number of carbonyl (C=O) groups is 3. The Balaban J connectivity index is 0.712. The Kier molecular flexibility index (Phi) is 12.5. The summed E-state index contributed by atoms with van der Waals surface area (Å²) < 4.78 is 45.1. The average Bonchev–Trinajstić information content (AvgIpc) is 3.66. The lowest BCUT2D eigenvalue weighted by Crippen LogP contribution is -2.48. The second-order valence-corrected chi connectivity index (χ2v) is 18.3. The predicted molar refractivity (Wildman–Crippen MR) is 231 cm³/mol. The zero-order chi connectivity index (χ0) is 43.8. The molecule has 0 bridgehead atoms. The number of pyridine rings is 1. The average molecular weight is 867 g/mol. The minimum Gasteiger partial charge on any atom is -0.444 e. The summed E-state index contributed by atoms with van der Waals surface area (Å²) in [4.78, 5) is 62.3. The van der Waals surface area contributed by atoms with E-state index in [1.165, 1.54) is 25.3 Å². The van der Waals surface area contributed by atoms with E-state index < -0.39 is 24.1 Å². The number of hydrogen-bond acceptors (Lipinski definition) is 10. The first-order chi connectivity index (χ1) is 30.5. The number of para-hydroxylation sites is 1. The molecule has 1 amide bonds. The maximum atomic E-state index is 14.2. The van der Waals surface area contributed by atoms with Crippen molar-refractivity contribution in [3.8, 4) is 11.5 Å². The van der Waals surface area contributed by atoms with Crippen LogP contribution in [0.4, 0.5) is 14.5 Å². The van der Waals surface area contributed by atoms with Crippen molar-refractivity contribution in [2.75, 3.05) is 25.5 Å². The number of benzene rings is 1. The number of aryl methyl sites for hydroxylation is 3. The Morgan fingerprint density at radius 1 is 1.03 bits per heavy atom. The van der Waals surface area contributed by atoms with E-state index in [4.69, 9.17) is 9.15 Å². The van der Waals surface area contributed by atoms with E-state index >= 15 is 0 Å². The van der Waals surface area contributed by atoms with Crippen molar-refractivity contribution in [1.29, 1.82) is 0 Å². The molecule has 63 heavy (non-hydrogen) atoms. The van der Waals surface area contributed by atoms with Crippen LogP contribution < -0.4 is 11.0 Å². The molecule has 14 nitrogen and oxygen atoms in total. The highest BCUT2D eigenvalue weighted by Crippen LogP contribution is 2.37. The number of ether oxygens (including phenoxy) is 1. The Bertz CT molecular complexity index is 2520. The molecule has 0 spiro atoms. The predicted octanol–water partition coefficient (Wildman–Crippen LogP) is 7.83. The molecule has 4 aliphatic carbocycles. The Morgan fingerprint density at radius 3 is 2.59 bits per heavy atom. The standard InChI is InChI=1S/C47H56F2N8O6/c1-54(34-22-36(23-34)62-20-4-6-30-5-3-7-40-43(30)55(2)47(61)57(40)39-17-16-35(58)24-41(39)59)25-29-11-14-33(15-12-29)56-26-37(42(53-56)44(48)49)51-45(60)38-27-63-46(52-38)31-18-19-50-32(21-31)13-10-28-8-9-28/h3,5,7,18-19,21,26-29,33-34,36,39,44H,4,6,8-17,20,22-25H2,1-2H3,(H,51,60). The van der Waals surface area contributed by atoms with Gasteiger partial charge in [0.15, 0.2) is 17.2 Å². The molecule has 334 valence electrons. The number of halogens is 2. The van der Waals surface area contributed by atoms with E-state index in [-0.39, 0.29) is 53.1 Å². The molecule has 16 heteroatoms. The summed E-state index contributed by atoms with van der Waals surface area (Å²) in [6, 6.07) is 9.32. The van der Waals surface area contributed by atoms with Gasteiger partial charge < -0.3 is 19.4 Å². The highest BCUT2D eigenvalue weighted by Gasteiger charge is 2.35. The fourth-order valence-corrected chi connectivity index (χ4v) is 9.90. The Labute approximate surface area is 364 Å². The van der Waals surface area contributed by atoms with Gasteiger partial charge in [-0.2, -0.15) is 5.10 Å². The van der Waals surface area contributed by atoms with E-state index in [2.05, 4.69) is 32.3 Å². The minimum absolute atomic E-state index is 0.00799. The largest absolute Gasteiger partial charge is 0.444 e. The molecule has 0 aliphatic heterocycles. The molecule has 9 rings (SSSR count). The molecule has 4 heterocycles. The van der Waals surface area contributed by atoms with Crippen molar-refractivity contribution in [2.45, 2.75) is 127 Å². The lowest BCUT2D eigenvalue weighted by molar-refractivity contribution is -0.132. The van der Waals surface area contributed by atoms with E-state index in [0.717, 1.165) is 99.0 Å². The van der Waals surface area contributed by atoms with Crippen LogP contribution in [0.15, 0.2) is 58.2 Å². The van der Waals surface area contributed by atoms with Crippen molar-refractivity contribution in [3.05, 3.63) is 82.1 Å². The summed E-state index contributed by atoms with van der Waals surface area (Å²) in [6.07, 6.45) is 13.9. The molecule has 1 unspecified atom stereocenters. The van der Waals surface area contributed by atoms with Crippen LogP contribution in [0.1, 0.15) is 129 Å². The molecule has 0 radical (unpaired) electrons. The number of nitrogens with one attached hydrogen (secondary N) is 1. The number of anilines is 1. The van der Waals surface area contributed by atoms with Crippen LogP contribution in [0, 0.1) is 11.8 Å². The highest BCUT2D eigenvalue weighted by molar-refractivity contribution is 6.04. The molecule has 4 saturated carbocycles. The van der Waals surface area contributed by atoms with Gasteiger partial charge in [-0.15, -0.1) is 0 Å². The Hall–Kier alpha value is -5.35. The molecule has 1 N–H and O–H groups in total. The number of ketones is 2. The van der Waals surface area contributed by atoms with Gasteiger partial charge in [0.2, 0.25) is 5.89 Å². The summed E-state index contributed by atoms with van der Waals surface area (Å²) in [5.74, 6) is 0.637. The fourth-order valence-electron chi connectivity index (χ4n) is 9.90. The second-order valence-electron chi connectivity index (χ2n) is 18.3. The minimum atomic E-state index is -2.86. The zero-order valence-electron chi connectivity index (χ0n) is 36.0. The number of carbonyl (C=O) groups excluding carboxylic acids is 3. The van der Waals surface area contributed by atoms with E-state index in [0.29, 0.717) is 37.0 Å². The third kappa shape index (κ3) is 9.47. The van der Waals surface area contributed by atoms with E-state index in [1.54, 1.807) is 33.1 Å². The van der Waals surface area contributed by atoms with Crippen LogP contribution >= 0.6 is 0 Å². The zero-order valence-corrected chi connectivity index (χ0v) is 36.0. The topological polar surface area (TPSA) is 159 Å². The van der Waals surface area contributed by atoms with E-state index in [1.807, 2.05) is 24.3 Å². The van der Waals surface area contributed by atoms with Crippen LogP contribution in [0.5, 0.6) is 0 Å². The van der Waals surface area contributed by atoms with Crippen LogP contribution in [0.3, 0.4) is 0 Å². The third-order valence-corrected chi connectivity index (χ3v) is 13.8. The van der Waals surface area contributed by atoms with Crippen molar-refractivity contribution in [3.63, 3.8) is 0 Å². The number of nitrogens with zero attached hydrogens (tertiary/aromatic N) is 7. The number of aromatic nitrogens is 6. The smallest absolute Gasteiger partial charge is 0.329 e. The molecule has 4 aromatic heterocycles. The summed E-state index contributed by atoms with van der Waals surface area (Å²) in [7, 11) is 3.91. The molecular weight excluding hydrogens is 811 g/mol. The van der Waals surface area contributed by atoms with Crippen molar-refractivity contribution in [1.82, 2.24) is 33.8 Å². The van der Waals surface area contributed by atoms with Gasteiger partial charge in [-0.1, -0.05) is 25.0 Å². The lowest BCUT2D eigenvalue weighted by Gasteiger charge is -2.43. The maximum absolute atomic E-state index is 14.2. The van der Waals surface area contributed by atoms with E-state index in [9.17, 15) is 28.0 Å². The SMILES string of the molecule is CN(CC1CCC(n2cc(NC(=O)c3coc(-c4ccnc(CCC5CC5)c4)n3)c(C(F)F)n2)CC1)C1CC(OCCCc2cccc3c2n(C)c(=O)n3C2CCC(=O)CC2=O)C1. The first kappa shape index (κ1) is 42.9. The molecule has 4 aliphatic rings. The fraction of sp³-hybridized carbons (Fsp3) is 0.553. The summed E-state index contributed by atoms with van der Waals surface area (Å²) in [6.45, 7) is 1.57. The van der Waals surface area contributed by atoms with Gasteiger partial charge in [-0.3, -0.25) is 33.2 Å². The van der Waals surface area contributed by atoms with Gasteiger partial charge in [-0.25, -0.2) is 18.6 Å². The maximum Gasteiger partial charge on any atom is 0.329 e. The number of rotatable bonds is 17. The number of amides is 1. The highest BCUT2D eigenvalue weighted by atomic mass is 19.3. The van der Waals surface area contributed by atoms with Gasteiger partial charge in [-0.05, 0) is 113 Å². The number of hydrogen-bond donors (Lipinski definition) is 1. The molecule has 1 aromatic carbocycles. The van der Waals surface area contributed by atoms with Crippen LogP contribution in [0.25, 0.3) is 22.5 Å². The van der Waals surface area contributed by atoms with Crippen molar-refractivity contribution in [2.24, 2.45) is 18.9 Å². The Morgan fingerprint density at radius 2 is 1.83 bits per heavy atom. The molecular formula is C47H56F2N8O6. The summed E-state index contributed by atoms with van der Waals surface area (Å²) in [5, 5.41) is 6.87. The van der Waals surface area contributed by atoms with Crippen molar-refractivity contribution < 1.29 is 32.3 Å². The monoisotopic (exact) mass is 866 g/mol. The molecule has 4 fully saturated rings. The van der Waals surface area contributed by atoms with Gasteiger partial charge in [0.1, 0.15) is 12.0 Å². The number of Topliss-reactive ketones (excluding diaryl/α,β-unsaturated/α-hetero) is 2. The lowest BCUT2D eigenvalue weighted by atomic mass is 9.83. The number of imidazole rings is 1. The van der Waals surface area contributed by atoms with Gasteiger partial charge in [0, 0.05) is 56.3 Å². The normalized spacial score (nSPS) is 22.9. The number of fused-ring (bicyclic) bond motifs is 1. The quantitative estimate of drug-likeness (QED) is 0.0721. The molecule has 1 atom stereocenters. The first-order valence-corrected chi connectivity index (χ1v) is 22.6. The molecule has 5 aromatic rings. The van der Waals surface area contributed by atoms with Crippen molar-refractivity contribution >= 4 is 34.2 Å². The molecule has 0 saturated heterocycles. The number of alkyl halides is 2. The van der Waals surface area contributed by atoms with Gasteiger partial charge in [0.05, 0.1) is 41.3 Å². The van der Waals surface area contributed by atoms with Gasteiger partial charge >= 0.3 is 5.69 Å². The third-order valence-electron chi connectivity index (χ3n) is 13.8. The van der Waals surface area contributed by atoms with Crippen LogP contribution in [-0.2, 0) is 34.2 Å². The van der Waals surface area contributed by atoms with Gasteiger partial charge in [0.25, 0.3) is 12.3 Å². The summed E-state index contributed by atoms with van der Waals surface area (Å²) >= 11 is 0. The van der Waals surface area contributed by atoms with Crippen LogP contribution in [-0.4, -0.2) is 83.6 Å². The van der Waals surface area contributed by atoms with Crippen LogP contribution in [0.2, 0.25) is 0 Å². The number of oxazole rings is 1.